The second-order valence-corrected chi connectivity index (χ2v) is 4.87. The van der Waals surface area contributed by atoms with Gasteiger partial charge in [0.05, 0.1) is 11.6 Å². The van der Waals surface area contributed by atoms with E-state index >= 15 is 0 Å². The molecule has 0 fully saturated rings. The van der Waals surface area contributed by atoms with Crippen LogP contribution in [-0.4, -0.2) is 33.0 Å². The number of nitrogens with zero attached hydrogens (tertiary/aromatic N) is 3. The number of rotatable bonds is 6. The van der Waals surface area contributed by atoms with Crippen molar-refractivity contribution in [3.63, 3.8) is 0 Å². The first-order chi connectivity index (χ1) is 8.35. The van der Waals surface area contributed by atoms with Gasteiger partial charge in [-0.05, 0) is 12.2 Å². The lowest BCUT2D eigenvalue weighted by Gasteiger charge is -2.04. The van der Waals surface area contributed by atoms with Crippen molar-refractivity contribution >= 4 is 28.7 Å². The van der Waals surface area contributed by atoms with Gasteiger partial charge in [0, 0.05) is 7.05 Å². The maximum atomic E-state index is 4.47. The highest BCUT2D eigenvalue weighted by Crippen LogP contribution is 2.26. The zero-order valence-corrected chi connectivity index (χ0v) is 11.0. The van der Waals surface area contributed by atoms with Crippen LogP contribution >= 0.6 is 11.8 Å². The van der Waals surface area contributed by atoms with E-state index in [0.29, 0.717) is 5.95 Å². The Kier molecular flexibility index (Phi) is 4.19. The van der Waals surface area contributed by atoms with Crippen LogP contribution < -0.4 is 5.32 Å². The molecule has 6 heteroatoms. The number of fused-ring (bicyclic) bond motifs is 1. The van der Waals surface area contributed by atoms with Crippen LogP contribution in [0.3, 0.4) is 0 Å². The predicted molar refractivity (Wildman–Crippen MR) is 71.5 cm³/mol. The fourth-order valence-corrected chi connectivity index (χ4v) is 2.55. The lowest BCUT2D eigenvalue weighted by Crippen LogP contribution is -1.98. The first kappa shape index (κ1) is 12.2. The molecule has 2 N–H and O–H groups in total. The van der Waals surface area contributed by atoms with Gasteiger partial charge in [-0.15, -0.1) is 11.8 Å². The second kappa shape index (κ2) is 5.86. The molecule has 0 atom stereocenters. The van der Waals surface area contributed by atoms with E-state index in [1.165, 1.54) is 19.3 Å². The molecule has 0 spiro atoms. The minimum absolute atomic E-state index is 0.639. The van der Waals surface area contributed by atoms with Gasteiger partial charge in [0.1, 0.15) is 5.03 Å². The van der Waals surface area contributed by atoms with Crippen molar-refractivity contribution in [2.75, 3.05) is 18.1 Å². The average molecular weight is 251 g/mol. The molecule has 5 nitrogen and oxygen atoms in total. The monoisotopic (exact) mass is 251 g/mol. The molecule has 0 aromatic carbocycles. The smallest absolute Gasteiger partial charge is 0.225 e. The minimum Gasteiger partial charge on any atom is -0.357 e. The standard InChI is InChI=1S/C11H17N5S/c1-3-4-5-6-17-10-8-7-13-16-9(8)14-11(12-2)15-10/h7H,3-6H2,1-2H3,(H2,12,13,14,15,16). The Morgan fingerprint density at radius 1 is 1.35 bits per heavy atom. The molecule has 2 aromatic heterocycles. The second-order valence-electron chi connectivity index (χ2n) is 3.79. The van der Waals surface area contributed by atoms with Crippen molar-refractivity contribution in [3.8, 4) is 0 Å². The van der Waals surface area contributed by atoms with Crippen molar-refractivity contribution in [2.24, 2.45) is 0 Å². The Hall–Kier alpha value is -1.30. The first-order valence-corrected chi connectivity index (χ1v) is 6.85. The predicted octanol–water partition coefficient (Wildman–Crippen LogP) is 2.68. The van der Waals surface area contributed by atoms with Gasteiger partial charge in [-0.3, -0.25) is 5.10 Å². The SMILES string of the molecule is CCCCCSc1nc(NC)nc2[nH]ncc12. The van der Waals surface area contributed by atoms with E-state index in [-0.39, 0.29) is 0 Å². The summed E-state index contributed by atoms with van der Waals surface area (Å²) in [7, 11) is 1.82. The number of nitrogens with one attached hydrogen (secondary N) is 2. The van der Waals surface area contributed by atoms with Crippen molar-refractivity contribution < 1.29 is 0 Å². The third-order valence-corrected chi connectivity index (χ3v) is 3.56. The molecule has 17 heavy (non-hydrogen) atoms. The molecule has 0 unspecified atom stereocenters. The summed E-state index contributed by atoms with van der Waals surface area (Å²) in [4.78, 5) is 8.78. The molecule has 2 rings (SSSR count). The Labute approximate surface area is 105 Å². The average Bonchev–Trinajstić information content (AvgIpc) is 2.82. The summed E-state index contributed by atoms with van der Waals surface area (Å²) in [6.45, 7) is 2.21. The highest BCUT2D eigenvalue weighted by atomic mass is 32.2. The third-order valence-electron chi connectivity index (χ3n) is 2.49. The van der Waals surface area contributed by atoms with Gasteiger partial charge in [0.25, 0.3) is 0 Å². The van der Waals surface area contributed by atoms with Gasteiger partial charge in [-0.25, -0.2) is 4.98 Å². The molecule has 0 bridgehead atoms. The molecule has 0 aliphatic rings. The third kappa shape index (κ3) is 2.88. The van der Waals surface area contributed by atoms with Gasteiger partial charge >= 0.3 is 0 Å². The molecule has 0 radical (unpaired) electrons. The number of unbranched alkanes of at least 4 members (excludes halogenated alkanes) is 2. The first-order valence-electron chi connectivity index (χ1n) is 5.86. The van der Waals surface area contributed by atoms with Crippen molar-refractivity contribution in [2.45, 2.75) is 31.2 Å². The van der Waals surface area contributed by atoms with Crippen LogP contribution in [0, 0.1) is 0 Å². The van der Waals surface area contributed by atoms with E-state index in [2.05, 4.69) is 32.4 Å². The highest BCUT2D eigenvalue weighted by molar-refractivity contribution is 7.99. The largest absolute Gasteiger partial charge is 0.357 e. The summed E-state index contributed by atoms with van der Waals surface area (Å²) < 4.78 is 0. The van der Waals surface area contributed by atoms with Crippen LogP contribution in [0.15, 0.2) is 11.2 Å². The lowest BCUT2D eigenvalue weighted by atomic mass is 10.3. The number of aromatic amines is 1. The number of hydrogen-bond acceptors (Lipinski definition) is 5. The summed E-state index contributed by atoms with van der Waals surface area (Å²) in [6.07, 6.45) is 5.52. The zero-order valence-electron chi connectivity index (χ0n) is 10.2. The maximum absolute atomic E-state index is 4.47. The Morgan fingerprint density at radius 2 is 2.24 bits per heavy atom. The number of aromatic nitrogens is 4. The van der Waals surface area contributed by atoms with Crippen LogP contribution in [0.2, 0.25) is 0 Å². The van der Waals surface area contributed by atoms with Crippen molar-refractivity contribution in [1.82, 2.24) is 20.2 Å². The number of thioether (sulfide) groups is 1. The van der Waals surface area contributed by atoms with Crippen molar-refractivity contribution in [3.05, 3.63) is 6.20 Å². The van der Waals surface area contributed by atoms with E-state index in [1.54, 1.807) is 18.0 Å². The number of H-pyrrole nitrogens is 1. The molecule has 2 heterocycles. The van der Waals surface area contributed by atoms with Crippen LogP contribution in [0.4, 0.5) is 5.95 Å². The van der Waals surface area contributed by atoms with Gasteiger partial charge in [0.15, 0.2) is 5.65 Å². The van der Waals surface area contributed by atoms with E-state index in [9.17, 15) is 0 Å². The molecule has 0 aliphatic carbocycles. The molecule has 0 aliphatic heterocycles. The summed E-state index contributed by atoms with van der Waals surface area (Å²) in [5.41, 5.74) is 0.794. The van der Waals surface area contributed by atoms with E-state index in [4.69, 9.17) is 0 Å². The summed E-state index contributed by atoms with van der Waals surface area (Å²) in [5.74, 6) is 1.73. The molecule has 0 saturated heterocycles. The van der Waals surface area contributed by atoms with Crippen LogP contribution in [0.25, 0.3) is 11.0 Å². The summed E-state index contributed by atoms with van der Waals surface area (Å²) in [5, 5.41) is 11.9. The number of hydrogen-bond donors (Lipinski definition) is 2. The minimum atomic E-state index is 0.639. The molecule has 92 valence electrons. The Morgan fingerprint density at radius 3 is 3.00 bits per heavy atom. The van der Waals surface area contributed by atoms with Crippen LogP contribution in [-0.2, 0) is 0 Å². The fraction of sp³-hybridized carbons (Fsp3) is 0.545. The van der Waals surface area contributed by atoms with Crippen LogP contribution in [0.1, 0.15) is 26.2 Å². The van der Waals surface area contributed by atoms with E-state index in [0.717, 1.165) is 21.8 Å². The quantitative estimate of drug-likeness (QED) is 0.469. The molecular weight excluding hydrogens is 234 g/mol. The van der Waals surface area contributed by atoms with E-state index < -0.39 is 0 Å². The topological polar surface area (TPSA) is 66.5 Å². The van der Waals surface area contributed by atoms with Crippen LogP contribution in [0.5, 0.6) is 0 Å². The van der Waals surface area contributed by atoms with E-state index in [1.807, 2.05) is 7.05 Å². The van der Waals surface area contributed by atoms with Gasteiger partial charge in [0.2, 0.25) is 5.95 Å². The number of anilines is 1. The Balaban J connectivity index is 2.16. The molecule has 0 amide bonds. The summed E-state index contributed by atoms with van der Waals surface area (Å²) in [6, 6.07) is 0. The molecule has 0 saturated carbocycles. The lowest BCUT2D eigenvalue weighted by molar-refractivity contribution is 0.778. The normalized spacial score (nSPS) is 10.9. The zero-order chi connectivity index (χ0) is 12.1. The van der Waals surface area contributed by atoms with Gasteiger partial charge in [-0.2, -0.15) is 10.1 Å². The highest BCUT2D eigenvalue weighted by Gasteiger charge is 2.08. The molecular formula is C11H17N5S. The van der Waals surface area contributed by atoms with Gasteiger partial charge in [-0.1, -0.05) is 19.8 Å². The molecule has 2 aromatic rings. The Bertz CT molecular complexity index is 482. The van der Waals surface area contributed by atoms with Crippen molar-refractivity contribution in [1.29, 1.82) is 0 Å². The maximum Gasteiger partial charge on any atom is 0.225 e. The summed E-state index contributed by atoms with van der Waals surface area (Å²) >= 11 is 1.77. The fourth-order valence-electron chi connectivity index (χ4n) is 1.55. The van der Waals surface area contributed by atoms with Gasteiger partial charge < -0.3 is 5.32 Å².